The lowest BCUT2D eigenvalue weighted by molar-refractivity contribution is 0.290. The van der Waals surface area contributed by atoms with Gasteiger partial charge in [-0.1, -0.05) is 13.8 Å². The summed E-state index contributed by atoms with van der Waals surface area (Å²) in [6.45, 7) is 8.23. The summed E-state index contributed by atoms with van der Waals surface area (Å²) in [5, 5.41) is 1.09. The molecule has 0 N–H and O–H groups in total. The van der Waals surface area contributed by atoms with Crippen molar-refractivity contribution in [3.8, 4) is 0 Å². The van der Waals surface area contributed by atoms with Gasteiger partial charge in [0.25, 0.3) is 0 Å². The van der Waals surface area contributed by atoms with Crippen LogP contribution in [0.3, 0.4) is 0 Å². The molecule has 2 aromatic rings. The van der Waals surface area contributed by atoms with Crippen molar-refractivity contribution in [1.29, 1.82) is 0 Å². The molecule has 3 aliphatic rings. The summed E-state index contributed by atoms with van der Waals surface area (Å²) in [6.07, 6.45) is 3.09. The second-order valence-electron chi connectivity index (χ2n) is 6.41. The van der Waals surface area contributed by atoms with Crippen molar-refractivity contribution in [3.63, 3.8) is 0 Å². The van der Waals surface area contributed by atoms with Gasteiger partial charge in [0.2, 0.25) is 5.13 Å². The zero-order valence-corrected chi connectivity index (χ0v) is 13.9. The normalized spacial score (nSPS) is 23.8. The van der Waals surface area contributed by atoms with Gasteiger partial charge in [0.05, 0.1) is 12.1 Å². The van der Waals surface area contributed by atoms with Crippen molar-refractivity contribution in [3.05, 3.63) is 23.9 Å². The molecule has 3 aliphatic heterocycles. The van der Waals surface area contributed by atoms with Crippen LogP contribution in [-0.2, 0) is 0 Å². The minimum absolute atomic E-state index is 0.395. The van der Waals surface area contributed by atoms with Gasteiger partial charge in [-0.05, 0) is 19.4 Å². The Hall–Kier alpha value is -1.76. The fourth-order valence-electron chi connectivity index (χ4n) is 3.29. The van der Waals surface area contributed by atoms with Gasteiger partial charge in [-0.2, -0.15) is 4.37 Å². The van der Waals surface area contributed by atoms with E-state index in [1.165, 1.54) is 18.0 Å². The van der Waals surface area contributed by atoms with Gasteiger partial charge >= 0.3 is 0 Å². The number of aryl methyl sites for hydroxylation is 1. The Bertz CT molecular complexity index is 672. The summed E-state index contributed by atoms with van der Waals surface area (Å²) >= 11 is 1.54. The van der Waals surface area contributed by atoms with Crippen LogP contribution in [0.4, 0.5) is 10.9 Å². The van der Waals surface area contributed by atoms with E-state index in [1.807, 2.05) is 19.2 Å². The monoisotopic (exact) mass is 316 g/mol. The van der Waals surface area contributed by atoms with Gasteiger partial charge in [0.15, 0.2) is 0 Å². The Balaban J connectivity index is 1.50. The Morgan fingerprint density at radius 3 is 2.64 bits per heavy atom. The Morgan fingerprint density at radius 1 is 1.23 bits per heavy atom. The van der Waals surface area contributed by atoms with E-state index in [9.17, 15) is 0 Å². The van der Waals surface area contributed by atoms with E-state index >= 15 is 0 Å². The molecule has 0 radical (unpaired) electrons. The van der Waals surface area contributed by atoms with E-state index in [2.05, 4.69) is 38.0 Å². The first-order valence-electron chi connectivity index (χ1n) is 7.78. The van der Waals surface area contributed by atoms with Crippen LogP contribution in [0.1, 0.15) is 37.8 Å². The molecule has 0 spiro atoms. The van der Waals surface area contributed by atoms with Crippen LogP contribution in [0.25, 0.3) is 0 Å². The van der Waals surface area contributed by atoms with Gasteiger partial charge < -0.3 is 9.80 Å². The molecule has 22 heavy (non-hydrogen) atoms. The van der Waals surface area contributed by atoms with Crippen molar-refractivity contribution >= 4 is 22.5 Å². The molecule has 7 heteroatoms. The molecule has 2 bridgehead atoms. The van der Waals surface area contributed by atoms with Crippen molar-refractivity contribution in [2.45, 2.75) is 45.2 Å². The number of nitrogens with zero attached hydrogens (tertiary/aromatic N) is 6. The fraction of sp³-hybridized carbons (Fsp3) is 0.600. The number of piperidine rings is 1. The highest BCUT2D eigenvalue weighted by molar-refractivity contribution is 7.09. The van der Waals surface area contributed by atoms with Crippen LogP contribution in [0.5, 0.6) is 0 Å². The third-order valence-corrected chi connectivity index (χ3v) is 5.19. The van der Waals surface area contributed by atoms with Crippen LogP contribution < -0.4 is 9.80 Å². The number of fused-ring (bicyclic) bond motifs is 2. The fourth-order valence-corrected chi connectivity index (χ4v) is 4.25. The molecular formula is C15H20N6S. The molecule has 5 rings (SSSR count). The maximum atomic E-state index is 4.72. The topological polar surface area (TPSA) is 58.0 Å². The van der Waals surface area contributed by atoms with Gasteiger partial charge in [0, 0.05) is 36.7 Å². The van der Waals surface area contributed by atoms with Gasteiger partial charge in [-0.3, -0.25) is 0 Å². The van der Waals surface area contributed by atoms with E-state index in [0.29, 0.717) is 18.0 Å². The molecule has 6 nitrogen and oxygen atoms in total. The Labute approximate surface area is 134 Å². The lowest BCUT2D eigenvalue weighted by atomic mass is 9.88. The molecule has 116 valence electrons. The van der Waals surface area contributed by atoms with E-state index in [0.717, 1.165) is 35.7 Å². The predicted octanol–water partition coefficient (Wildman–Crippen LogP) is 2.23. The summed E-state index contributed by atoms with van der Waals surface area (Å²) in [4.78, 5) is 18.3. The van der Waals surface area contributed by atoms with E-state index < -0.39 is 0 Å². The van der Waals surface area contributed by atoms with Crippen LogP contribution in [0.2, 0.25) is 0 Å². The first-order valence-corrected chi connectivity index (χ1v) is 8.55. The molecule has 3 saturated heterocycles. The van der Waals surface area contributed by atoms with Crippen molar-refractivity contribution in [1.82, 2.24) is 19.3 Å². The number of aromatic nitrogens is 4. The molecular weight excluding hydrogens is 296 g/mol. The van der Waals surface area contributed by atoms with Gasteiger partial charge in [-0.25, -0.2) is 15.0 Å². The summed E-state index contributed by atoms with van der Waals surface area (Å²) < 4.78 is 4.49. The van der Waals surface area contributed by atoms with E-state index in [-0.39, 0.29) is 0 Å². The minimum Gasteiger partial charge on any atom is -0.352 e. The summed E-state index contributed by atoms with van der Waals surface area (Å²) in [5.41, 5.74) is 0. The zero-order chi connectivity index (χ0) is 15.3. The SMILES string of the molecule is Cc1nccc(N2CC3CC(C2)N3c2nc(C(C)C)ns2)n1. The molecule has 2 aromatic heterocycles. The maximum absolute atomic E-state index is 4.72. The highest BCUT2D eigenvalue weighted by Gasteiger charge is 2.46. The molecule has 2 atom stereocenters. The predicted molar refractivity (Wildman–Crippen MR) is 87.7 cm³/mol. The summed E-state index contributed by atoms with van der Waals surface area (Å²) in [7, 11) is 0. The minimum atomic E-state index is 0.395. The van der Waals surface area contributed by atoms with Crippen LogP contribution >= 0.6 is 11.5 Å². The lowest BCUT2D eigenvalue weighted by Crippen LogP contribution is -2.69. The molecule has 0 aromatic carbocycles. The molecule has 0 aliphatic carbocycles. The molecule has 0 amide bonds. The average molecular weight is 316 g/mol. The number of rotatable bonds is 3. The lowest BCUT2D eigenvalue weighted by Gasteiger charge is -2.56. The molecule has 2 unspecified atom stereocenters. The van der Waals surface area contributed by atoms with Crippen molar-refractivity contribution < 1.29 is 0 Å². The Kier molecular flexibility index (Phi) is 3.25. The summed E-state index contributed by atoms with van der Waals surface area (Å²) in [6, 6.07) is 3.06. The highest BCUT2D eigenvalue weighted by Crippen LogP contribution is 2.39. The van der Waals surface area contributed by atoms with Crippen LogP contribution in [0.15, 0.2) is 12.3 Å². The second-order valence-corrected chi connectivity index (χ2v) is 7.14. The standard InChI is InChI=1S/C15H20N6S/c1-9(2)14-18-15(22-19-14)21-11-6-12(21)8-20(7-11)13-4-5-16-10(3)17-13/h4-5,9,11-12H,6-8H2,1-3H3. The first-order chi connectivity index (χ1) is 10.6. The maximum Gasteiger partial charge on any atom is 0.205 e. The van der Waals surface area contributed by atoms with Gasteiger partial charge in [0.1, 0.15) is 17.5 Å². The largest absolute Gasteiger partial charge is 0.352 e. The van der Waals surface area contributed by atoms with Gasteiger partial charge in [-0.15, -0.1) is 0 Å². The van der Waals surface area contributed by atoms with Crippen LogP contribution in [0, 0.1) is 6.92 Å². The number of piperazine rings is 1. The number of anilines is 2. The number of hydrogen-bond acceptors (Lipinski definition) is 7. The zero-order valence-electron chi connectivity index (χ0n) is 13.1. The molecule has 3 fully saturated rings. The quantitative estimate of drug-likeness (QED) is 0.865. The van der Waals surface area contributed by atoms with E-state index in [4.69, 9.17) is 4.98 Å². The third-order valence-electron chi connectivity index (χ3n) is 4.45. The molecule has 5 heterocycles. The average Bonchev–Trinajstić information content (AvgIpc) is 2.96. The highest BCUT2D eigenvalue weighted by atomic mass is 32.1. The molecule has 0 saturated carbocycles. The summed E-state index contributed by atoms with van der Waals surface area (Å²) in [5.74, 6) is 3.24. The van der Waals surface area contributed by atoms with Crippen molar-refractivity contribution in [2.75, 3.05) is 22.9 Å². The third kappa shape index (κ3) is 2.24. The van der Waals surface area contributed by atoms with Crippen LogP contribution in [-0.4, -0.2) is 44.5 Å². The van der Waals surface area contributed by atoms with Crippen molar-refractivity contribution in [2.24, 2.45) is 0 Å². The number of hydrogen-bond donors (Lipinski definition) is 0. The Morgan fingerprint density at radius 2 is 2.00 bits per heavy atom. The smallest absolute Gasteiger partial charge is 0.205 e. The second kappa shape index (κ2) is 5.15. The first kappa shape index (κ1) is 13.9. The van der Waals surface area contributed by atoms with E-state index in [1.54, 1.807) is 0 Å².